The van der Waals surface area contributed by atoms with Crippen molar-refractivity contribution in [2.45, 2.75) is 12.6 Å². The van der Waals surface area contributed by atoms with Gasteiger partial charge in [-0.3, -0.25) is 4.90 Å². The molecule has 1 N–H and O–H groups in total. The summed E-state index contributed by atoms with van der Waals surface area (Å²) < 4.78 is 5.78. The number of aromatic carboxylic acids is 1. The van der Waals surface area contributed by atoms with Crippen LogP contribution in [-0.2, 0) is 11.3 Å². The number of rotatable bonds is 3. The van der Waals surface area contributed by atoms with Crippen LogP contribution in [0.25, 0.3) is 0 Å². The fourth-order valence-electron chi connectivity index (χ4n) is 3.39. The van der Waals surface area contributed by atoms with Gasteiger partial charge in [0.25, 0.3) is 0 Å². The number of carboxylic acid groups (broad SMARTS) is 1. The Balaban J connectivity index is 1.77. The first-order chi connectivity index (χ1) is 10.1. The number of likely N-dealkylation sites (N-methyl/N-ethyl adjacent to an activating group) is 1. The van der Waals surface area contributed by atoms with E-state index in [1.54, 1.807) is 12.1 Å². The molecule has 2 fully saturated rings. The molecule has 2 saturated heterocycles. The maximum Gasteiger partial charge on any atom is 0.335 e. The molecule has 2 bridgehead atoms. The number of benzene rings is 1. The molecule has 2 aliphatic rings. The van der Waals surface area contributed by atoms with Gasteiger partial charge < -0.3 is 14.7 Å². The van der Waals surface area contributed by atoms with Crippen LogP contribution in [0.1, 0.15) is 15.9 Å². The Morgan fingerprint density at radius 2 is 2.19 bits per heavy atom. The molecule has 1 aromatic carbocycles. The predicted molar refractivity (Wildman–Crippen MR) is 79.4 cm³/mol. The zero-order valence-electron chi connectivity index (χ0n) is 12.4. The van der Waals surface area contributed by atoms with E-state index in [0.717, 1.165) is 45.0 Å². The Hall–Kier alpha value is -1.43. The van der Waals surface area contributed by atoms with E-state index >= 15 is 0 Å². The third-order valence-electron chi connectivity index (χ3n) is 4.32. The lowest BCUT2D eigenvalue weighted by Crippen LogP contribution is -2.42. The van der Waals surface area contributed by atoms with Crippen LogP contribution in [0.15, 0.2) is 24.3 Å². The van der Waals surface area contributed by atoms with E-state index in [0.29, 0.717) is 17.5 Å². The van der Waals surface area contributed by atoms with Crippen molar-refractivity contribution in [1.82, 2.24) is 9.80 Å². The van der Waals surface area contributed by atoms with Gasteiger partial charge in [-0.05, 0) is 24.7 Å². The number of carboxylic acids is 1. The number of hydrogen-bond acceptors (Lipinski definition) is 4. The molecule has 5 nitrogen and oxygen atoms in total. The van der Waals surface area contributed by atoms with Crippen molar-refractivity contribution < 1.29 is 14.6 Å². The van der Waals surface area contributed by atoms with E-state index < -0.39 is 5.97 Å². The average Bonchev–Trinajstić information content (AvgIpc) is 2.68. The summed E-state index contributed by atoms with van der Waals surface area (Å²) >= 11 is 0. The molecule has 2 aliphatic heterocycles. The first-order valence-electron chi connectivity index (χ1n) is 7.44. The molecule has 0 unspecified atom stereocenters. The first kappa shape index (κ1) is 14.5. The zero-order chi connectivity index (χ0) is 14.8. The maximum atomic E-state index is 11.1. The highest BCUT2D eigenvalue weighted by Gasteiger charge is 2.31. The Labute approximate surface area is 125 Å². The predicted octanol–water partition coefficient (Wildman–Crippen LogP) is 1.15. The van der Waals surface area contributed by atoms with Gasteiger partial charge in [0.05, 0.1) is 18.8 Å². The molecule has 0 aromatic heterocycles. The van der Waals surface area contributed by atoms with Crippen LogP contribution in [0, 0.1) is 5.92 Å². The molecule has 2 heterocycles. The van der Waals surface area contributed by atoms with Gasteiger partial charge in [-0.15, -0.1) is 0 Å². The molecule has 1 aromatic rings. The number of ether oxygens (including phenoxy) is 1. The molecule has 3 rings (SSSR count). The van der Waals surface area contributed by atoms with Gasteiger partial charge in [-0.2, -0.15) is 0 Å². The summed E-state index contributed by atoms with van der Waals surface area (Å²) in [6, 6.07) is 7.64. The van der Waals surface area contributed by atoms with Crippen LogP contribution in [0.5, 0.6) is 0 Å². The third-order valence-corrected chi connectivity index (χ3v) is 4.32. The van der Waals surface area contributed by atoms with E-state index in [2.05, 4.69) is 16.8 Å². The second-order valence-electron chi connectivity index (χ2n) is 6.21. The average molecular weight is 290 g/mol. The minimum atomic E-state index is -0.866. The SMILES string of the molecule is CN1C[C@@H]2COC[C@H](C1)N(Cc1cccc(C(=O)O)c1)C2. The third kappa shape index (κ3) is 3.43. The molecule has 0 radical (unpaired) electrons. The van der Waals surface area contributed by atoms with Gasteiger partial charge in [0, 0.05) is 38.1 Å². The summed E-state index contributed by atoms with van der Waals surface area (Å²) in [6.45, 7) is 5.48. The number of carbonyl (C=O) groups is 1. The summed E-state index contributed by atoms with van der Waals surface area (Å²) in [5.41, 5.74) is 1.42. The van der Waals surface area contributed by atoms with Crippen molar-refractivity contribution in [3.8, 4) is 0 Å². The van der Waals surface area contributed by atoms with E-state index in [4.69, 9.17) is 9.84 Å². The number of fused-ring (bicyclic) bond motifs is 3. The summed E-state index contributed by atoms with van der Waals surface area (Å²) in [4.78, 5) is 15.9. The minimum Gasteiger partial charge on any atom is -0.478 e. The van der Waals surface area contributed by atoms with Crippen LogP contribution >= 0.6 is 0 Å². The van der Waals surface area contributed by atoms with Gasteiger partial charge >= 0.3 is 5.97 Å². The Morgan fingerprint density at radius 3 is 3.00 bits per heavy atom. The van der Waals surface area contributed by atoms with Crippen molar-refractivity contribution in [2.75, 3.05) is 39.9 Å². The largest absolute Gasteiger partial charge is 0.478 e. The Bertz CT molecular complexity index is 520. The highest BCUT2D eigenvalue weighted by molar-refractivity contribution is 5.87. The van der Waals surface area contributed by atoms with Crippen molar-refractivity contribution in [3.05, 3.63) is 35.4 Å². The first-order valence-corrected chi connectivity index (χ1v) is 7.44. The van der Waals surface area contributed by atoms with Gasteiger partial charge in [0.2, 0.25) is 0 Å². The normalized spacial score (nSPS) is 27.3. The molecule has 2 atom stereocenters. The fourth-order valence-corrected chi connectivity index (χ4v) is 3.39. The molecule has 21 heavy (non-hydrogen) atoms. The van der Waals surface area contributed by atoms with Crippen molar-refractivity contribution in [2.24, 2.45) is 5.92 Å². The molecule has 114 valence electrons. The monoisotopic (exact) mass is 290 g/mol. The molecule has 5 heteroatoms. The molecule has 0 spiro atoms. The second kappa shape index (κ2) is 6.13. The van der Waals surface area contributed by atoms with Crippen LogP contribution in [-0.4, -0.2) is 66.8 Å². The smallest absolute Gasteiger partial charge is 0.335 e. The summed E-state index contributed by atoms with van der Waals surface area (Å²) in [5.74, 6) is -0.334. The Kier molecular flexibility index (Phi) is 4.24. The van der Waals surface area contributed by atoms with Crippen molar-refractivity contribution in [1.29, 1.82) is 0 Å². The highest BCUT2D eigenvalue weighted by Crippen LogP contribution is 2.21. The fraction of sp³-hybridized carbons (Fsp3) is 0.562. The molecule has 0 saturated carbocycles. The van der Waals surface area contributed by atoms with E-state index in [9.17, 15) is 4.79 Å². The summed E-state index contributed by atoms with van der Waals surface area (Å²) in [5, 5.41) is 9.10. The molecular weight excluding hydrogens is 268 g/mol. The quantitative estimate of drug-likeness (QED) is 0.905. The topological polar surface area (TPSA) is 53.0 Å². The van der Waals surface area contributed by atoms with Gasteiger partial charge in [0.1, 0.15) is 0 Å². The molecule has 0 aliphatic carbocycles. The van der Waals surface area contributed by atoms with E-state index in [1.807, 2.05) is 12.1 Å². The molecular formula is C16H22N2O3. The summed E-state index contributed by atoms with van der Waals surface area (Å²) in [7, 11) is 2.17. The lowest BCUT2D eigenvalue weighted by molar-refractivity contribution is 0.0561. The van der Waals surface area contributed by atoms with Gasteiger partial charge in [0.15, 0.2) is 0 Å². The minimum absolute atomic E-state index is 0.360. The van der Waals surface area contributed by atoms with Crippen molar-refractivity contribution >= 4 is 5.97 Å². The van der Waals surface area contributed by atoms with Crippen molar-refractivity contribution in [3.63, 3.8) is 0 Å². The zero-order valence-corrected chi connectivity index (χ0v) is 12.4. The lowest BCUT2D eigenvalue weighted by atomic mass is 10.1. The standard InChI is InChI=1S/C16H22N2O3/c1-17-6-13-8-18(15(9-17)11-21-10-13)7-12-3-2-4-14(5-12)16(19)20/h2-5,13,15H,6-11H2,1H3,(H,19,20)/t13-,15-/m0/s1. The van der Waals surface area contributed by atoms with Crippen LogP contribution in [0.2, 0.25) is 0 Å². The van der Waals surface area contributed by atoms with Gasteiger partial charge in [-0.25, -0.2) is 4.79 Å². The molecule has 0 amide bonds. The van der Waals surface area contributed by atoms with E-state index in [-0.39, 0.29) is 0 Å². The lowest BCUT2D eigenvalue weighted by Gasteiger charge is -2.29. The second-order valence-corrected chi connectivity index (χ2v) is 6.21. The van der Waals surface area contributed by atoms with Crippen LogP contribution < -0.4 is 0 Å². The number of nitrogens with zero attached hydrogens (tertiary/aromatic N) is 2. The van der Waals surface area contributed by atoms with Crippen LogP contribution in [0.3, 0.4) is 0 Å². The summed E-state index contributed by atoms with van der Waals surface area (Å²) in [6.07, 6.45) is 0. The maximum absolute atomic E-state index is 11.1. The Morgan fingerprint density at radius 1 is 1.33 bits per heavy atom. The van der Waals surface area contributed by atoms with Gasteiger partial charge in [-0.1, -0.05) is 12.1 Å². The number of hydrogen-bond donors (Lipinski definition) is 1. The van der Waals surface area contributed by atoms with E-state index in [1.165, 1.54) is 0 Å². The highest BCUT2D eigenvalue weighted by atomic mass is 16.5. The van der Waals surface area contributed by atoms with Crippen LogP contribution in [0.4, 0.5) is 0 Å².